The first kappa shape index (κ1) is 12.0. The number of hydrogen-bond acceptors (Lipinski definition) is 2. The zero-order chi connectivity index (χ0) is 13.9. The van der Waals surface area contributed by atoms with Crippen LogP contribution in [0.5, 0.6) is 0 Å². The van der Waals surface area contributed by atoms with E-state index in [0.717, 1.165) is 19.4 Å². The van der Waals surface area contributed by atoms with E-state index in [1.54, 1.807) is 0 Å². The zero-order valence-corrected chi connectivity index (χ0v) is 11.6. The minimum Gasteiger partial charge on any atom is -0.369 e. The minimum atomic E-state index is -0.164. The summed E-state index contributed by atoms with van der Waals surface area (Å²) in [6, 6.07) is 6.93. The van der Waals surface area contributed by atoms with Crippen LogP contribution >= 0.6 is 0 Å². The lowest BCUT2D eigenvalue weighted by atomic mass is 9.72. The van der Waals surface area contributed by atoms with Crippen LogP contribution in [0.15, 0.2) is 24.4 Å². The summed E-state index contributed by atoms with van der Waals surface area (Å²) < 4.78 is 0. The van der Waals surface area contributed by atoms with E-state index in [1.165, 1.54) is 22.0 Å². The number of rotatable bonds is 1. The molecule has 1 saturated heterocycles. The molecule has 0 unspecified atom stereocenters. The van der Waals surface area contributed by atoms with E-state index < -0.39 is 0 Å². The number of likely N-dealkylation sites (N-methyl/N-ethyl adjacent to an activating group) is 1. The van der Waals surface area contributed by atoms with Crippen LogP contribution in [0.3, 0.4) is 0 Å². The van der Waals surface area contributed by atoms with Crippen molar-refractivity contribution >= 4 is 16.8 Å². The van der Waals surface area contributed by atoms with Crippen molar-refractivity contribution in [3.8, 4) is 0 Å². The van der Waals surface area contributed by atoms with E-state index in [2.05, 4.69) is 41.3 Å². The van der Waals surface area contributed by atoms with E-state index in [9.17, 15) is 4.79 Å². The molecule has 1 aromatic carbocycles. The molecule has 2 aliphatic rings. The molecule has 1 aliphatic heterocycles. The SMILES string of the molecule is CN1C[C@H](C(N)=O)C[C@@H]2c3cccc4[nH]cc(c34)C[C@@H]21. The highest BCUT2D eigenvalue weighted by Gasteiger charge is 2.40. The van der Waals surface area contributed by atoms with Crippen LogP contribution in [-0.4, -0.2) is 35.4 Å². The van der Waals surface area contributed by atoms with Crippen molar-refractivity contribution in [3.63, 3.8) is 0 Å². The smallest absolute Gasteiger partial charge is 0.221 e. The fourth-order valence-corrected chi connectivity index (χ4v) is 4.15. The van der Waals surface area contributed by atoms with Gasteiger partial charge in [-0.3, -0.25) is 4.79 Å². The number of carbonyl (C=O) groups is 1. The zero-order valence-electron chi connectivity index (χ0n) is 11.6. The van der Waals surface area contributed by atoms with E-state index in [1.807, 2.05) is 0 Å². The van der Waals surface area contributed by atoms with Gasteiger partial charge in [0, 0.05) is 35.6 Å². The third kappa shape index (κ3) is 1.54. The Hall–Kier alpha value is -1.81. The number of nitrogens with zero attached hydrogens (tertiary/aromatic N) is 1. The fourth-order valence-electron chi connectivity index (χ4n) is 4.15. The number of H-pyrrole nitrogens is 1. The highest BCUT2D eigenvalue weighted by Crippen LogP contribution is 2.44. The number of aromatic nitrogens is 1. The van der Waals surface area contributed by atoms with Gasteiger partial charge in [-0.2, -0.15) is 0 Å². The molecule has 20 heavy (non-hydrogen) atoms. The Morgan fingerprint density at radius 1 is 1.45 bits per heavy atom. The standard InChI is InChI=1S/C16H19N3O/c1-19-8-10(16(17)20)5-12-11-3-2-4-13-15(11)9(7-18-13)6-14(12)19/h2-4,7,10,12,14,18H,5-6,8H2,1H3,(H2,17,20)/t10-,12-,14+/m1/s1. The largest absolute Gasteiger partial charge is 0.369 e. The summed E-state index contributed by atoms with van der Waals surface area (Å²) in [5.41, 5.74) is 9.55. The van der Waals surface area contributed by atoms with Crippen molar-refractivity contribution in [1.29, 1.82) is 0 Å². The van der Waals surface area contributed by atoms with Gasteiger partial charge in [-0.1, -0.05) is 12.1 Å². The molecule has 0 saturated carbocycles. The van der Waals surface area contributed by atoms with Crippen LogP contribution in [0.25, 0.3) is 10.9 Å². The van der Waals surface area contributed by atoms with Gasteiger partial charge in [0.15, 0.2) is 0 Å². The number of aromatic amines is 1. The second-order valence-corrected chi connectivity index (χ2v) is 6.24. The predicted octanol–water partition coefficient (Wildman–Crippen LogP) is 1.61. The van der Waals surface area contributed by atoms with Crippen LogP contribution in [0.1, 0.15) is 23.5 Å². The Bertz CT molecular complexity index is 690. The first-order valence-electron chi connectivity index (χ1n) is 7.23. The highest BCUT2D eigenvalue weighted by molar-refractivity contribution is 5.88. The third-order valence-corrected chi connectivity index (χ3v) is 5.13. The van der Waals surface area contributed by atoms with Crippen molar-refractivity contribution in [2.24, 2.45) is 11.7 Å². The summed E-state index contributed by atoms with van der Waals surface area (Å²) in [7, 11) is 2.12. The van der Waals surface area contributed by atoms with Crippen molar-refractivity contribution in [2.45, 2.75) is 24.8 Å². The summed E-state index contributed by atoms with van der Waals surface area (Å²) >= 11 is 0. The van der Waals surface area contributed by atoms with Crippen LogP contribution in [0.2, 0.25) is 0 Å². The lowest BCUT2D eigenvalue weighted by Crippen LogP contribution is -2.50. The number of primary amides is 1. The summed E-state index contributed by atoms with van der Waals surface area (Å²) in [6.07, 6.45) is 4.08. The summed E-state index contributed by atoms with van der Waals surface area (Å²) in [5.74, 6) is 0.220. The van der Waals surface area contributed by atoms with Gasteiger partial charge in [0.2, 0.25) is 5.91 Å². The monoisotopic (exact) mass is 269 g/mol. The highest BCUT2D eigenvalue weighted by atomic mass is 16.1. The Kier molecular flexibility index (Phi) is 2.45. The maximum Gasteiger partial charge on any atom is 0.221 e. The molecule has 104 valence electrons. The first-order valence-corrected chi connectivity index (χ1v) is 7.23. The molecular formula is C16H19N3O. The molecule has 3 N–H and O–H groups in total. The molecule has 0 spiro atoms. The molecule has 1 aromatic heterocycles. The molecule has 4 heteroatoms. The second-order valence-electron chi connectivity index (χ2n) is 6.24. The van der Waals surface area contributed by atoms with E-state index >= 15 is 0 Å². The van der Waals surface area contributed by atoms with Crippen molar-refractivity contribution in [1.82, 2.24) is 9.88 Å². The Morgan fingerprint density at radius 3 is 3.10 bits per heavy atom. The predicted molar refractivity (Wildman–Crippen MR) is 78.5 cm³/mol. The van der Waals surface area contributed by atoms with Crippen molar-refractivity contribution < 1.29 is 4.79 Å². The molecule has 4 nitrogen and oxygen atoms in total. The maximum atomic E-state index is 11.6. The number of likely N-dealkylation sites (tertiary alicyclic amines) is 1. The molecule has 1 aliphatic carbocycles. The summed E-state index contributed by atoms with van der Waals surface area (Å²) in [5, 5.41) is 1.37. The molecule has 4 rings (SSSR count). The van der Waals surface area contributed by atoms with E-state index in [4.69, 9.17) is 5.73 Å². The fraction of sp³-hybridized carbons (Fsp3) is 0.438. The summed E-state index contributed by atoms with van der Waals surface area (Å²) in [4.78, 5) is 17.3. The molecule has 2 heterocycles. The van der Waals surface area contributed by atoms with Crippen LogP contribution < -0.4 is 5.73 Å². The van der Waals surface area contributed by atoms with Crippen molar-refractivity contribution in [3.05, 3.63) is 35.5 Å². The van der Waals surface area contributed by atoms with Gasteiger partial charge in [0.05, 0.1) is 5.92 Å². The topological polar surface area (TPSA) is 62.1 Å². The number of piperidine rings is 1. The average Bonchev–Trinajstić information content (AvgIpc) is 2.84. The maximum absolute atomic E-state index is 11.6. The molecule has 3 atom stereocenters. The molecule has 2 aromatic rings. The van der Waals surface area contributed by atoms with Gasteiger partial charge < -0.3 is 15.6 Å². The quantitative estimate of drug-likeness (QED) is 0.826. The number of carbonyl (C=O) groups excluding carboxylic acids is 1. The Balaban J connectivity index is 1.85. The molecule has 0 radical (unpaired) electrons. The van der Waals surface area contributed by atoms with Gasteiger partial charge in [0.25, 0.3) is 0 Å². The molecule has 0 bridgehead atoms. The van der Waals surface area contributed by atoms with E-state index in [0.29, 0.717) is 12.0 Å². The Labute approximate surface area is 117 Å². The number of amides is 1. The van der Waals surface area contributed by atoms with Gasteiger partial charge in [-0.05, 0) is 37.1 Å². The van der Waals surface area contributed by atoms with Gasteiger partial charge in [-0.15, -0.1) is 0 Å². The van der Waals surface area contributed by atoms with Crippen molar-refractivity contribution in [2.75, 3.05) is 13.6 Å². The number of hydrogen-bond donors (Lipinski definition) is 2. The minimum absolute atomic E-state index is 0.0306. The molecule has 1 amide bonds. The van der Waals surface area contributed by atoms with E-state index in [-0.39, 0.29) is 11.8 Å². The first-order chi connectivity index (χ1) is 9.65. The number of nitrogens with one attached hydrogen (secondary N) is 1. The lowest BCUT2D eigenvalue weighted by Gasteiger charge is -2.44. The number of nitrogens with two attached hydrogens (primary N) is 1. The second kappa shape index (κ2) is 4.09. The molecule has 1 fully saturated rings. The van der Waals surface area contributed by atoms with Gasteiger partial charge >= 0.3 is 0 Å². The number of benzene rings is 1. The van der Waals surface area contributed by atoms with Gasteiger partial charge in [-0.25, -0.2) is 0 Å². The summed E-state index contributed by atoms with van der Waals surface area (Å²) in [6.45, 7) is 0.784. The Morgan fingerprint density at radius 2 is 2.30 bits per heavy atom. The number of fused-ring (bicyclic) bond motifs is 2. The lowest BCUT2D eigenvalue weighted by molar-refractivity contribution is -0.124. The normalized spacial score (nSPS) is 29.4. The van der Waals surface area contributed by atoms with Crippen LogP contribution in [-0.2, 0) is 11.2 Å². The molecular weight excluding hydrogens is 250 g/mol. The van der Waals surface area contributed by atoms with Gasteiger partial charge in [0.1, 0.15) is 0 Å². The third-order valence-electron chi connectivity index (χ3n) is 5.13. The van der Waals surface area contributed by atoms with Crippen LogP contribution in [0, 0.1) is 5.92 Å². The van der Waals surface area contributed by atoms with Crippen LogP contribution in [0.4, 0.5) is 0 Å². The average molecular weight is 269 g/mol.